The first-order valence-corrected chi connectivity index (χ1v) is 7.14. The second kappa shape index (κ2) is 6.03. The van der Waals surface area contributed by atoms with E-state index in [0.29, 0.717) is 22.4 Å². The van der Waals surface area contributed by atoms with Gasteiger partial charge in [0.15, 0.2) is 5.82 Å². The van der Waals surface area contributed by atoms with Crippen LogP contribution in [-0.2, 0) is 23.8 Å². The molecule has 1 N–H and O–H groups in total. The maximum atomic E-state index is 12.4. The van der Waals surface area contributed by atoms with Gasteiger partial charge in [0.25, 0.3) is 0 Å². The molecule has 0 aliphatic rings. The van der Waals surface area contributed by atoms with Gasteiger partial charge in [-0.3, -0.25) is 4.79 Å². The molecular weight excluding hydrogens is 311 g/mol. The van der Waals surface area contributed by atoms with Gasteiger partial charge in [-0.15, -0.1) is 10.2 Å². The van der Waals surface area contributed by atoms with Gasteiger partial charge in [0.1, 0.15) is 6.33 Å². The van der Waals surface area contributed by atoms with Gasteiger partial charge in [0, 0.05) is 7.05 Å². The summed E-state index contributed by atoms with van der Waals surface area (Å²) in [5.74, 6) is 0.567. The van der Waals surface area contributed by atoms with E-state index in [1.54, 1.807) is 29.1 Å². The van der Waals surface area contributed by atoms with E-state index in [0.717, 1.165) is 5.56 Å². The van der Waals surface area contributed by atoms with Gasteiger partial charge in [-0.05, 0) is 31.5 Å². The summed E-state index contributed by atoms with van der Waals surface area (Å²) in [5.41, 5.74) is 0.0691. The molecule has 2 rings (SSSR count). The third kappa shape index (κ3) is 3.36. The van der Waals surface area contributed by atoms with Crippen molar-refractivity contribution in [2.45, 2.75) is 25.8 Å². The van der Waals surface area contributed by atoms with Crippen LogP contribution in [0.3, 0.4) is 0 Å². The van der Waals surface area contributed by atoms with Crippen LogP contribution in [0.2, 0.25) is 10.0 Å². The van der Waals surface area contributed by atoms with E-state index in [9.17, 15) is 4.79 Å². The first-order chi connectivity index (χ1) is 9.82. The second-order valence-electron chi connectivity index (χ2n) is 5.29. The fraction of sp³-hybridized carbons (Fsp3) is 0.357. The number of amides is 1. The van der Waals surface area contributed by atoms with Gasteiger partial charge in [0.05, 0.1) is 22.0 Å². The van der Waals surface area contributed by atoms with Gasteiger partial charge < -0.3 is 9.88 Å². The average Bonchev–Trinajstić information content (AvgIpc) is 2.84. The minimum atomic E-state index is -0.729. The molecule has 0 fully saturated rings. The Balaban J connectivity index is 2.12. The van der Waals surface area contributed by atoms with Crippen LogP contribution in [0.15, 0.2) is 24.5 Å². The number of carbonyl (C=O) groups is 1. The molecule has 7 heteroatoms. The molecule has 0 spiro atoms. The summed E-state index contributed by atoms with van der Waals surface area (Å²) in [6.07, 6.45) is 1.59. The van der Waals surface area contributed by atoms with Crippen LogP contribution in [-0.4, -0.2) is 20.7 Å². The molecule has 0 saturated carbocycles. The zero-order chi connectivity index (χ0) is 15.6. The van der Waals surface area contributed by atoms with Crippen molar-refractivity contribution >= 4 is 29.1 Å². The Morgan fingerprint density at radius 2 is 2.05 bits per heavy atom. The molecule has 5 nitrogen and oxygen atoms in total. The van der Waals surface area contributed by atoms with E-state index in [4.69, 9.17) is 23.2 Å². The SMILES string of the molecule is Cn1cnnc1CNC(=O)C(C)(C)c1ccc(Cl)c(Cl)c1. The smallest absolute Gasteiger partial charge is 0.230 e. The first kappa shape index (κ1) is 15.8. The Hall–Kier alpha value is -1.59. The number of halogens is 2. The summed E-state index contributed by atoms with van der Waals surface area (Å²) < 4.78 is 1.76. The van der Waals surface area contributed by atoms with Crippen molar-refractivity contribution in [2.24, 2.45) is 7.05 Å². The van der Waals surface area contributed by atoms with Crippen LogP contribution in [0.1, 0.15) is 25.2 Å². The van der Waals surface area contributed by atoms with E-state index >= 15 is 0 Å². The number of benzene rings is 1. The maximum Gasteiger partial charge on any atom is 0.230 e. The highest BCUT2D eigenvalue weighted by Crippen LogP contribution is 2.30. The molecule has 21 heavy (non-hydrogen) atoms. The summed E-state index contributed by atoms with van der Waals surface area (Å²) in [7, 11) is 1.83. The number of hydrogen-bond acceptors (Lipinski definition) is 3. The summed E-state index contributed by atoms with van der Waals surface area (Å²) in [5, 5.41) is 11.5. The molecule has 0 aliphatic heterocycles. The molecule has 1 amide bonds. The van der Waals surface area contributed by atoms with Crippen molar-refractivity contribution < 1.29 is 4.79 Å². The Bertz CT molecular complexity index is 667. The van der Waals surface area contributed by atoms with Gasteiger partial charge >= 0.3 is 0 Å². The lowest BCUT2D eigenvalue weighted by Gasteiger charge is -2.24. The molecule has 0 atom stereocenters. The van der Waals surface area contributed by atoms with Gasteiger partial charge in [-0.2, -0.15) is 0 Å². The van der Waals surface area contributed by atoms with Crippen molar-refractivity contribution in [3.8, 4) is 0 Å². The predicted molar refractivity (Wildman–Crippen MR) is 82.3 cm³/mol. The molecule has 0 unspecified atom stereocenters. The zero-order valence-corrected chi connectivity index (χ0v) is 13.5. The van der Waals surface area contributed by atoms with Gasteiger partial charge in [0.2, 0.25) is 5.91 Å². The quantitative estimate of drug-likeness (QED) is 0.939. The molecular formula is C14H16Cl2N4O. The molecule has 0 bridgehead atoms. The number of nitrogens with zero attached hydrogens (tertiary/aromatic N) is 3. The predicted octanol–water partition coefficient (Wildman–Crippen LogP) is 2.72. The summed E-state index contributed by atoms with van der Waals surface area (Å²) in [6, 6.07) is 5.21. The molecule has 1 aromatic carbocycles. The van der Waals surface area contributed by atoms with Crippen molar-refractivity contribution in [3.63, 3.8) is 0 Å². The van der Waals surface area contributed by atoms with Crippen LogP contribution >= 0.6 is 23.2 Å². The van der Waals surface area contributed by atoms with Gasteiger partial charge in [-0.25, -0.2) is 0 Å². The van der Waals surface area contributed by atoms with Crippen LogP contribution in [0.4, 0.5) is 0 Å². The molecule has 1 aromatic heterocycles. The Labute approximate surface area is 133 Å². The Kier molecular flexibility index (Phi) is 4.54. The van der Waals surface area contributed by atoms with Crippen LogP contribution in [0.25, 0.3) is 0 Å². The lowest BCUT2D eigenvalue weighted by molar-refractivity contribution is -0.125. The number of carbonyl (C=O) groups excluding carboxylic acids is 1. The Morgan fingerprint density at radius 1 is 1.33 bits per heavy atom. The monoisotopic (exact) mass is 326 g/mol. The molecule has 0 radical (unpaired) electrons. The maximum absolute atomic E-state index is 12.4. The van der Waals surface area contributed by atoms with Crippen LogP contribution in [0.5, 0.6) is 0 Å². The van der Waals surface area contributed by atoms with E-state index in [1.807, 2.05) is 20.9 Å². The summed E-state index contributed by atoms with van der Waals surface area (Å²) >= 11 is 11.9. The minimum Gasteiger partial charge on any atom is -0.348 e. The third-order valence-corrected chi connectivity index (χ3v) is 4.16. The molecule has 1 heterocycles. The van der Waals surface area contributed by atoms with Crippen molar-refractivity contribution in [3.05, 3.63) is 46.0 Å². The van der Waals surface area contributed by atoms with Gasteiger partial charge in [-0.1, -0.05) is 29.3 Å². The molecule has 112 valence electrons. The lowest BCUT2D eigenvalue weighted by atomic mass is 9.84. The van der Waals surface area contributed by atoms with E-state index in [1.165, 1.54) is 0 Å². The zero-order valence-electron chi connectivity index (χ0n) is 12.0. The molecule has 0 aliphatic carbocycles. The standard InChI is InChI=1S/C14H16Cl2N4O/c1-14(2,9-4-5-10(15)11(16)6-9)13(21)17-7-12-19-18-8-20(12)3/h4-6,8H,7H2,1-3H3,(H,17,21). The lowest BCUT2D eigenvalue weighted by Crippen LogP contribution is -2.40. The van der Waals surface area contributed by atoms with Crippen molar-refractivity contribution in [1.29, 1.82) is 0 Å². The van der Waals surface area contributed by atoms with Crippen molar-refractivity contribution in [1.82, 2.24) is 20.1 Å². The fourth-order valence-corrected chi connectivity index (χ4v) is 2.16. The fourth-order valence-electron chi connectivity index (χ4n) is 1.86. The highest BCUT2D eigenvalue weighted by atomic mass is 35.5. The Morgan fingerprint density at radius 3 is 2.62 bits per heavy atom. The highest BCUT2D eigenvalue weighted by molar-refractivity contribution is 6.42. The van der Waals surface area contributed by atoms with E-state index in [-0.39, 0.29) is 5.91 Å². The largest absolute Gasteiger partial charge is 0.348 e. The van der Waals surface area contributed by atoms with E-state index in [2.05, 4.69) is 15.5 Å². The van der Waals surface area contributed by atoms with Crippen LogP contribution in [0, 0.1) is 0 Å². The minimum absolute atomic E-state index is 0.121. The summed E-state index contributed by atoms with van der Waals surface area (Å²) in [4.78, 5) is 12.4. The topological polar surface area (TPSA) is 59.8 Å². The number of hydrogen-bond donors (Lipinski definition) is 1. The van der Waals surface area contributed by atoms with E-state index < -0.39 is 5.41 Å². The normalized spacial score (nSPS) is 11.5. The number of aryl methyl sites for hydroxylation is 1. The first-order valence-electron chi connectivity index (χ1n) is 6.39. The summed E-state index contributed by atoms with van der Waals surface area (Å²) in [6.45, 7) is 3.98. The second-order valence-corrected chi connectivity index (χ2v) is 6.11. The number of aromatic nitrogens is 3. The van der Waals surface area contributed by atoms with Crippen molar-refractivity contribution in [2.75, 3.05) is 0 Å². The van der Waals surface area contributed by atoms with Crippen LogP contribution < -0.4 is 5.32 Å². The molecule has 0 saturated heterocycles. The number of rotatable bonds is 4. The average molecular weight is 327 g/mol. The third-order valence-electron chi connectivity index (χ3n) is 3.42. The molecule has 2 aromatic rings. The number of nitrogens with one attached hydrogen (secondary N) is 1. The highest BCUT2D eigenvalue weighted by Gasteiger charge is 2.30.